The van der Waals surface area contributed by atoms with E-state index in [0.717, 1.165) is 16.7 Å². The number of halogens is 1. The molecule has 1 amide bonds. The molecule has 0 saturated carbocycles. The molecule has 6 nitrogen and oxygen atoms in total. The Morgan fingerprint density at radius 1 is 1.00 bits per heavy atom. The Morgan fingerprint density at radius 2 is 1.79 bits per heavy atom. The maximum atomic E-state index is 12.5. The van der Waals surface area contributed by atoms with E-state index < -0.39 is 0 Å². The van der Waals surface area contributed by atoms with Gasteiger partial charge in [-0.05, 0) is 17.7 Å². The smallest absolute Gasteiger partial charge is 0.293 e. The molecule has 0 aliphatic carbocycles. The molecule has 0 radical (unpaired) electrons. The molecule has 4 aromatic rings. The molecule has 0 unspecified atom stereocenters. The van der Waals surface area contributed by atoms with E-state index in [0.29, 0.717) is 23.0 Å². The quantitative estimate of drug-likeness (QED) is 0.531. The van der Waals surface area contributed by atoms with Crippen molar-refractivity contribution >= 4 is 23.2 Å². The topological polar surface area (TPSA) is 83.6 Å². The molecule has 0 bridgehead atoms. The second kappa shape index (κ2) is 8.02. The van der Waals surface area contributed by atoms with Gasteiger partial charge in [-0.3, -0.25) is 9.78 Å². The fourth-order valence-electron chi connectivity index (χ4n) is 2.81. The van der Waals surface area contributed by atoms with E-state index >= 15 is 0 Å². The number of rotatable bonds is 5. The average molecular weight is 390 g/mol. The van der Waals surface area contributed by atoms with Gasteiger partial charge < -0.3 is 10.3 Å². The van der Waals surface area contributed by atoms with Crippen LogP contribution in [0.3, 0.4) is 0 Å². The fraction of sp³-hybridized carbons (Fsp3) is 0.0476. The van der Waals surface area contributed by atoms with Gasteiger partial charge in [0.1, 0.15) is 5.82 Å². The van der Waals surface area contributed by atoms with Crippen molar-refractivity contribution in [3.8, 4) is 11.1 Å². The number of nitrogens with one attached hydrogen (secondary N) is 2. The van der Waals surface area contributed by atoms with Gasteiger partial charge in [-0.1, -0.05) is 60.1 Å². The van der Waals surface area contributed by atoms with Crippen molar-refractivity contribution in [2.45, 2.75) is 6.42 Å². The first kappa shape index (κ1) is 17.9. The number of aromatic amines is 1. The van der Waals surface area contributed by atoms with Crippen LogP contribution in [-0.2, 0) is 6.42 Å². The molecule has 7 heteroatoms. The second-order valence-corrected chi connectivity index (χ2v) is 6.59. The standard InChI is InChI=1S/C21H16ClN5O/c22-18-9-5-4-8-17(18)15-11-16(13-23-12-15)24-21(28)20-25-19(26-27-20)10-14-6-2-1-3-7-14/h1-9,11-13H,10H2,(H,24,28)(H,25,26,27). The maximum absolute atomic E-state index is 12.5. The van der Waals surface area contributed by atoms with E-state index in [4.69, 9.17) is 11.6 Å². The third-order valence-electron chi connectivity index (χ3n) is 4.14. The SMILES string of the molecule is O=C(Nc1cncc(-c2ccccc2Cl)c1)c1nnc(Cc2ccccc2)[nH]1. The summed E-state index contributed by atoms with van der Waals surface area (Å²) in [5.41, 5.74) is 3.29. The number of carbonyl (C=O) groups is 1. The zero-order valence-electron chi connectivity index (χ0n) is 14.8. The number of pyridine rings is 1. The van der Waals surface area contributed by atoms with Crippen molar-refractivity contribution in [1.82, 2.24) is 20.2 Å². The molecule has 0 atom stereocenters. The van der Waals surface area contributed by atoms with E-state index in [1.54, 1.807) is 12.4 Å². The third kappa shape index (κ3) is 4.07. The first-order valence-electron chi connectivity index (χ1n) is 8.66. The molecule has 2 N–H and O–H groups in total. The molecular weight excluding hydrogens is 374 g/mol. The number of H-pyrrole nitrogens is 1. The number of nitrogens with zero attached hydrogens (tertiary/aromatic N) is 3. The van der Waals surface area contributed by atoms with E-state index in [2.05, 4.69) is 25.5 Å². The van der Waals surface area contributed by atoms with Gasteiger partial charge in [-0.15, -0.1) is 10.2 Å². The molecule has 138 valence electrons. The predicted molar refractivity (Wildman–Crippen MR) is 108 cm³/mol. The van der Waals surface area contributed by atoms with Gasteiger partial charge in [-0.25, -0.2) is 0 Å². The molecule has 2 aromatic carbocycles. The molecule has 2 heterocycles. The van der Waals surface area contributed by atoms with E-state index in [-0.39, 0.29) is 11.7 Å². The van der Waals surface area contributed by atoms with Crippen LogP contribution in [0.1, 0.15) is 22.0 Å². The molecule has 4 rings (SSSR count). The number of amides is 1. The summed E-state index contributed by atoms with van der Waals surface area (Å²) in [7, 11) is 0. The Morgan fingerprint density at radius 3 is 2.61 bits per heavy atom. The largest absolute Gasteiger partial charge is 0.321 e. The Bertz CT molecular complexity index is 1110. The van der Waals surface area contributed by atoms with Crippen LogP contribution in [0, 0.1) is 0 Å². The van der Waals surface area contributed by atoms with Crippen molar-refractivity contribution in [3.05, 3.63) is 95.3 Å². The number of hydrogen-bond donors (Lipinski definition) is 2. The van der Waals surface area contributed by atoms with Crippen molar-refractivity contribution in [2.75, 3.05) is 5.32 Å². The minimum atomic E-state index is -0.384. The molecular formula is C21H16ClN5O. The lowest BCUT2D eigenvalue weighted by Crippen LogP contribution is -2.14. The minimum absolute atomic E-state index is 0.147. The first-order chi connectivity index (χ1) is 13.7. The third-order valence-corrected chi connectivity index (χ3v) is 4.47. The summed E-state index contributed by atoms with van der Waals surface area (Å²) < 4.78 is 0. The summed E-state index contributed by atoms with van der Waals surface area (Å²) in [6.45, 7) is 0. The van der Waals surface area contributed by atoms with Gasteiger partial charge in [0.15, 0.2) is 0 Å². The van der Waals surface area contributed by atoms with Crippen LogP contribution in [-0.4, -0.2) is 26.1 Å². The van der Waals surface area contributed by atoms with Crippen molar-refractivity contribution < 1.29 is 4.79 Å². The molecule has 0 aliphatic rings. The van der Waals surface area contributed by atoms with Crippen LogP contribution < -0.4 is 5.32 Å². The highest BCUT2D eigenvalue weighted by atomic mass is 35.5. The highest BCUT2D eigenvalue weighted by Gasteiger charge is 2.13. The molecule has 0 saturated heterocycles. The highest BCUT2D eigenvalue weighted by molar-refractivity contribution is 6.33. The Balaban J connectivity index is 1.49. The first-order valence-corrected chi connectivity index (χ1v) is 9.03. The van der Waals surface area contributed by atoms with Gasteiger partial charge in [0.05, 0.1) is 11.9 Å². The summed E-state index contributed by atoms with van der Waals surface area (Å²) in [6, 6.07) is 19.1. The van der Waals surface area contributed by atoms with Crippen LogP contribution in [0.4, 0.5) is 5.69 Å². The number of aromatic nitrogens is 4. The zero-order chi connectivity index (χ0) is 19.3. The van der Waals surface area contributed by atoms with Crippen LogP contribution in [0.25, 0.3) is 11.1 Å². The maximum Gasteiger partial charge on any atom is 0.293 e. The number of anilines is 1. The minimum Gasteiger partial charge on any atom is -0.321 e. The Kier molecular flexibility index (Phi) is 5.12. The van der Waals surface area contributed by atoms with Crippen molar-refractivity contribution in [3.63, 3.8) is 0 Å². The Hall–Kier alpha value is -3.51. The molecule has 28 heavy (non-hydrogen) atoms. The number of carbonyl (C=O) groups excluding carboxylic acids is 1. The molecule has 2 aromatic heterocycles. The van der Waals surface area contributed by atoms with Crippen LogP contribution >= 0.6 is 11.6 Å². The highest BCUT2D eigenvalue weighted by Crippen LogP contribution is 2.28. The number of benzene rings is 2. The summed E-state index contributed by atoms with van der Waals surface area (Å²) in [6.07, 6.45) is 3.84. The van der Waals surface area contributed by atoms with Crippen molar-refractivity contribution in [1.29, 1.82) is 0 Å². The van der Waals surface area contributed by atoms with E-state index in [1.165, 1.54) is 0 Å². The lowest BCUT2D eigenvalue weighted by atomic mass is 10.1. The fourth-order valence-corrected chi connectivity index (χ4v) is 3.05. The molecule has 0 aliphatic heterocycles. The normalized spacial score (nSPS) is 10.6. The summed E-state index contributed by atoms with van der Waals surface area (Å²) in [5.74, 6) is 0.387. The molecule has 0 spiro atoms. The van der Waals surface area contributed by atoms with Gasteiger partial charge in [-0.2, -0.15) is 0 Å². The van der Waals surface area contributed by atoms with Gasteiger partial charge in [0.2, 0.25) is 5.82 Å². The summed E-state index contributed by atoms with van der Waals surface area (Å²) in [4.78, 5) is 19.6. The summed E-state index contributed by atoms with van der Waals surface area (Å²) >= 11 is 6.24. The van der Waals surface area contributed by atoms with Crippen LogP contribution in [0.15, 0.2) is 73.1 Å². The monoisotopic (exact) mass is 389 g/mol. The number of hydrogen-bond acceptors (Lipinski definition) is 4. The lowest BCUT2D eigenvalue weighted by Gasteiger charge is -2.07. The zero-order valence-corrected chi connectivity index (χ0v) is 15.5. The Labute approximate surface area is 166 Å². The van der Waals surface area contributed by atoms with Crippen LogP contribution in [0.5, 0.6) is 0 Å². The summed E-state index contributed by atoms with van der Waals surface area (Å²) in [5, 5.41) is 11.4. The van der Waals surface area contributed by atoms with Crippen LogP contribution in [0.2, 0.25) is 5.02 Å². The average Bonchev–Trinajstić information content (AvgIpc) is 3.18. The molecule has 0 fully saturated rings. The lowest BCUT2D eigenvalue weighted by molar-refractivity contribution is 0.101. The second-order valence-electron chi connectivity index (χ2n) is 6.18. The van der Waals surface area contributed by atoms with Gasteiger partial charge in [0.25, 0.3) is 5.91 Å². The van der Waals surface area contributed by atoms with Gasteiger partial charge in [0, 0.05) is 28.8 Å². The van der Waals surface area contributed by atoms with Crippen molar-refractivity contribution in [2.24, 2.45) is 0 Å². The van der Waals surface area contributed by atoms with E-state index in [1.807, 2.05) is 60.7 Å². The van der Waals surface area contributed by atoms with E-state index in [9.17, 15) is 4.79 Å². The van der Waals surface area contributed by atoms with Gasteiger partial charge >= 0.3 is 0 Å². The predicted octanol–water partition coefficient (Wildman–Crippen LogP) is 4.36.